The molecule has 4 N–H and O–H groups in total. The minimum Gasteiger partial charge on any atom is -0.480 e. The summed E-state index contributed by atoms with van der Waals surface area (Å²) >= 11 is 0. The number of unbranched alkanes of at least 4 members (excludes halogenated alkanes) is 9. The normalized spacial score (nSPS) is 13.4. The van der Waals surface area contributed by atoms with E-state index in [1.54, 1.807) is 0 Å². The van der Waals surface area contributed by atoms with Crippen molar-refractivity contribution >= 4 is 17.8 Å². The Kier molecular flexibility index (Phi) is 28.9. The fourth-order valence-electron chi connectivity index (χ4n) is 4.56. The zero-order valence-electron chi connectivity index (χ0n) is 27.3. The maximum atomic E-state index is 12.5. The van der Waals surface area contributed by atoms with Crippen LogP contribution in [0.3, 0.4) is 0 Å². The van der Waals surface area contributed by atoms with Crippen LogP contribution in [-0.4, -0.2) is 41.6 Å². The molecule has 1 amide bonds. The Morgan fingerprint density at radius 1 is 0.721 bits per heavy atom. The Morgan fingerprint density at radius 2 is 1.35 bits per heavy atom. The molecule has 0 fully saturated rings. The van der Waals surface area contributed by atoms with Gasteiger partial charge in [-0.25, -0.2) is 4.79 Å². The van der Waals surface area contributed by atoms with E-state index < -0.39 is 12.0 Å². The van der Waals surface area contributed by atoms with Gasteiger partial charge in [0, 0.05) is 12.8 Å². The van der Waals surface area contributed by atoms with Gasteiger partial charge in [-0.3, -0.25) is 9.59 Å². The summed E-state index contributed by atoms with van der Waals surface area (Å²) in [6, 6.07) is -0.871. The van der Waals surface area contributed by atoms with Crippen molar-refractivity contribution in [3.8, 4) is 0 Å². The van der Waals surface area contributed by atoms with E-state index in [2.05, 4.69) is 61.7 Å². The molecular weight excluding hydrogens is 540 g/mol. The number of esters is 1. The van der Waals surface area contributed by atoms with E-state index >= 15 is 0 Å². The third kappa shape index (κ3) is 27.9. The number of carboxylic acid groups (broad SMARTS) is 1. The summed E-state index contributed by atoms with van der Waals surface area (Å²) in [6.07, 6.45) is 34.8. The number of aliphatic carboxylic acids is 1. The fourth-order valence-corrected chi connectivity index (χ4v) is 4.56. The molecular formula is C36H62N2O5. The molecule has 2 atom stereocenters. The molecule has 2 unspecified atom stereocenters. The Bertz CT molecular complexity index is 818. The monoisotopic (exact) mass is 602 g/mol. The summed E-state index contributed by atoms with van der Waals surface area (Å²) in [5, 5.41) is 11.8. The highest BCUT2D eigenvalue weighted by molar-refractivity contribution is 5.83. The molecule has 0 spiro atoms. The fraction of sp³-hybridized carbons (Fsp3) is 0.694. The number of amides is 1. The molecule has 0 bridgehead atoms. The first-order valence-corrected chi connectivity index (χ1v) is 17.0. The molecule has 0 aliphatic carbocycles. The number of ether oxygens (including phenoxy) is 1. The number of hydrogen-bond donors (Lipinski definition) is 3. The van der Waals surface area contributed by atoms with Crippen molar-refractivity contribution in [2.75, 3.05) is 6.54 Å². The average Bonchev–Trinajstić information content (AvgIpc) is 2.98. The maximum Gasteiger partial charge on any atom is 0.326 e. The van der Waals surface area contributed by atoms with Crippen LogP contribution in [0.15, 0.2) is 48.6 Å². The van der Waals surface area contributed by atoms with Crippen LogP contribution < -0.4 is 11.1 Å². The van der Waals surface area contributed by atoms with Gasteiger partial charge in [-0.05, 0) is 89.7 Å². The third-order valence-electron chi connectivity index (χ3n) is 7.09. The zero-order valence-corrected chi connectivity index (χ0v) is 27.3. The molecule has 0 aliphatic rings. The van der Waals surface area contributed by atoms with E-state index in [1.165, 1.54) is 12.8 Å². The van der Waals surface area contributed by atoms with E-state index in [-0.39, 0.29) is 18.0 Å². The van der Waals surface area contributed by atoms with Crippen molar-refractivity contribution in [1.82, 2.24) is 5.32 Å². The second-order valence-corrected chi connectivity index (χ2v) is 11.2. The summed E-state index contributed by atoms with van der Waals surface area (Å²) in [6.45, 7) is 4.68. The van der Waals surface area contributed by atoms with Crippen LogP contribution >= 0.6 is 0 Å². The van der Waals surface area contributed by atoms with E-state index in [0.29, 0.717) is 38.6 Å². The second-order valence-electron chi connectivity index (χ2n) is 11.2. The van der Waals surface area contributed by atoms with E-state index in [1.807, 2.05) is 6.08 Å². The van der Waals surface area contributed by atoms with Crippen molar-refractivity contribution in [1.29, 1.82) is 0 Å². The molecule has 7 heteroatoms. The lowest BCUT2D eigenvalue weighted by Crippen LogP contribution is -2.40. The molecule has 246 valence electrons. The Hall–Kier alpha value is -2.67. The number of nitrogens with two attached hydrogens (primary N) is 1. The molecule has 0 rings (SSSR count). The maximum absolute atomic E-state index is 12.5. The number of nitrogens with one attached hydrogen (secondary N) is 1. The van der Waals surface area contributed by atoms with Crippen LogP contribution in [-0.2, 0) is 19.1 Å². The first-order chi connectivity index (χ1) is 20.9. The number of carbonyl (C=O) groups is 3. The van der Waals surface area contributed by atoms with E-state index in [0.717, 1.165) is 83.5 Å². The number of carboxylic acids is 1. The largest absolute Gasteiger partial charge is 0.480 e. The van der Waals surface area contributed by atoms with Crippen molar-refractivity contribution in [3.05, 3.63) is 48.6 Å². The molecule has 0 aliphatic heterocycles. The van der Waals surface area contributed by atoms with Gasteiger partial charge in [0.25, 0.3) is 0 Å². The quantitative estimate of drug-likeness (QED) is 0.0449. The van der Waals surface area contributed by atoms with E-state index in [9.17, 15) is 19.5 Å². The lowest BCUT2D eigenvalue weighted by atomic mass is 10.1. The lowest BCUT2D eigenvalue weighted by Gasteiger charge is -2.15. The van der Waals surface area contributed by atoms with Gasteiger partial charge in [-0.15, -0.1) is 0 Å². The predicted molar refractivity (Wildman–Crippen MR) is 179 cm³/mol. The molecule has 43 heavy (non-hydrogen) atoms. The van der Waals surface area contributed by atoms with E-state index in [4.69, 9.17) is 10.5 Å². The smallest absolute Gasteiger partial charge is 0.326 e. The highest BCUT2D eigenvalue weighted by Crippen LogP contribution is 2.14. The Labute approximate surface area is 262 Å². The topological polar surface area (TPSA) is 119 Å². The van der Waals surface area contributed by atoms with Gasteiger partial charge in [-0.1, -0.05) is 94.9 Å². The lowest BCUT2D eigenvalue weighted by molar-refractivity contribution is -0.147. The Morgan fingerprint density at radius 3 is 2.02 bits per heavy atom. The second kappa shape index (κ2) is 30.8. The summed E-state index contributed by atoms with van der Waals surface area (Å²) in [7, 11) is 0. The minimum absolute atomic E-state index is 0.119. The van der Waals surface area contributed by atoms with Gasteiger partial charge in [0.05, 0.1) is 0 Å². The van der Waals surface area contributed by atoms with Crippen LogP contribution in [0.4, 0.5) is 0 Å². The molecule has 0 radical (unpaired) electrons. The van der Waals surface area contributed by atoms with Crippen LogP contribution in [0.25, 0.3) is 0 Å². The number of rotatable bonds is 29. The average molecular weight is 603 g/mol. The summed E-state index contributed by atoms with van der Waals surface area (Å²) in [4.78, 5) is 35.8. The number of allylic oxidation sites excluding steroid dienone is 7. The highest BCUT2D eigenvalue weighted by Gasteiger charge is 2.18. The highest BCUT2D eigenvalue weighted by atomic mass is 16.5. The van der Waals surface area contributed by atoms with Gasteiger partial charge >= 0.3 is 11.9 Å². The number of carbonyl (C=O) groups excluding carboxylic acids is 2. The standard InChI is InChI=1S/C36H62N2O5/c1-3-5-7-8-9-10-11-12-13-14-15-16-17-18-24-30-35(40)43-32(26-21-6-4-2)27-22-19-20-23-29-34(39)38-33(36(41)42)28-25-31-37/h5,7,9-10,12-13,21,26,32-33H,3-4,6,8,11,14-20,22-25,27-31,37H2,1-2H3,(H,38,39)(H,41,42)/b7-5-,10-9-,13-12-,26-21-. The van der Waals surface area contributed by atoms with Gasteiger partial charge in [0.2, 0.25) is 5.91 Å². The van der Waals surface area contributed by atoms with Crippen LogP contribution in [0.5, 0.6) is 0 Å². The van der Waals surface area contributed by atoms with Gasteiger partial charge in [0.15, 0.2) is 0 Å². The summed E-state index contributed by atoms with van der Waals surface area (Å²) in [5.41, 5.74) is 5.44. The van der Waals surface area contributed by atoms with Crippen LogP contribution in [0, 0.1) is 0 Å². The molecule has 0 aromatic rings. The minimum atomic E-state index is -1.02. The Balaban J connectivity index is 4.07. The first kappa shape index (κ1) is 40.3. The van der Waals surface area contributed by atoms with Gasteiger partial charge in [-0.2, -0.15) is 0 Å². The molecule has 0 saturated carbocycles. The van der Waals surface area contributed by atoms with Crippen molar-refractivity contribution < 1.29 is 24.2 Å². The van der Waals surface area contributed by atoms with Gasteiger partial charge in [0.1, 0.15) is 12.1 Å². The van der Waals surface area contributed by atoms with Gasteiger partial charge < -0.3 is 20.9 Å². The number of hydrogen-bond acceptors (Lipinski definition) is 5. The third-order valence-corrected chi connectivity index (χ3v) is 7.09. The molecule has 0 saturated heterocycles. The summed E-state index contributed by atoms with van der Waals surface area (Å²) < 4.78 is 5.79. The molecule has 0 aromatic carbocycles. The zero-order chi connectivity index (χ0) is 31.8. The predicted octanol–water partition coefficient (Wildman–Crippen LogP) is 8.49. The molecule has 0 aromatic heterocycles. The van der Waals surface area contributed by atoms with Crippen LogP contribution in [0.2, 0.25) is 0 Å². The van der Waals surface area contributed by atoms with Crippen LogP contribution in [0.1, 0.15) is 142 Å². The van der Waals surface area contributed by atoms with Crippen molar-refractivity contribution in [3.63, 3.8) is 0 Å². The molecule has 0 heterocycles. The molecule has 7 nitrogen and oxygen atoms in total. The van der Waals surface area contributed by atoms with Crippen molar-refractivity contribution in [2.24, 2.45) is 5.73 Å². The summed E-state index contributed by atoms with van der Waals surface area (Å²) in [5.74, 6) is -1.37. The SMILES string of the molecule is CC/C=C\C/C=C\C/C=C\CCCCCCCC(=O)OC(/C=C\CCC)CCCCCCC(=O)NC(CCCN)C(=O)O. The first-order valence-electron chi connectivity index (χ1n) is 17.0. The van der Waals surface area contributed by atoms with Crippen molar-refractivity contribution in [2.45, 2.75) is 154 Å².